The first-order valence-corrected chi connectivity index (χ1v) is 8.01. The van der Waals surface area contributed by atoms with Crippen molar-refractivity contribution in [2.45, 2.75) is 25.8 Å². The second kappa shape index (κ2) is 7.24. The fourth-order valence-electron chi connectivity index (χ4n) is 2.68. The smallest absolute Gasteiger partial charge is 0.0991 e. The third kappa shape index (κ3) is 4.07. The first-order valence-electron chi connectivity index (χ1n) is 8.01. The molecule has 0 saturated heterocycles. The van der Waals surface area contributed by atoms with E-state index in [1.54, 1.807) is 6.20 Å². The summed E-state index contributed by atoms with van der Waals surface area (Å²) in [7, 11) is 1.96. The van der Waals surface area contributed by atoms with E-state index in [1.807, 2.05) is 35.0 Å². The summed E-state index contributed by atoms with van der Waals surface area (Å²) in [4.78, 5) is 4.08. The van der Waals surface area contributed by atoms with Gasteiger partial charge in [0.2, 0.25) is 0 Å². The van der Waals surface area contributed by atoms with Gasteiger partial charge in [-0.15, -0.1) is 0 Å². The Morgan fingerprint density at radius 1 is 1.22 bits per heavy atom. The predicted octanol–water partition coefficient (Wildman–Crippen LogP) is 2.89. The molecule has 0 saturated carbocycles. The van der Waals surface area contributed by atoms with Crippen LogP contribution in [0.15, 0.2) is 55.4 Å². The summed E-state index contributed by atoms with van der Waals surface area (Å²) in [5.74, 6) is 0. The van der Waals surface area contributed by atoms with Crippen LogP contribution < -0.4 is 5.32 Å². The quantitative estimate of drug-likeness (QED) is 0.683. The number of benzene rings is 1. The minimum Gasteiger partial charge on any atom is -0.310 e. The van der Waals surface area contributed by atoms with Crippen molar-refractivity contribution in [3.63, 3.8) is 0 Å². The normalized spacial score (nSPS) is 12.4. The van der Waals surface area contributed by atoms with Crippen LogP contribution in [0.2, 0.25) is 0 Å². The zero-order valence-corrected chi connectivity index (χ0v) is 13.7. The van der Waals surface area contributed by atoms with Crippen molar-refractivity contribution in [1.82, 2.24) is 24.6 Å². The lowest BCUT2D eigenvalue weighted by Gasteiger charge is -2.14. The van der Waals surface area contributed by atoms with Gasteiger partial charge in [0.25, 0.3) is 0 Å². The van der Waals surface area contributed by atoms with Gasteiger partial charge in [0.05, 0.1) is 12.5 Å². The Labute approximate surface area is 137 Å². The first-order chi connectivity index (χ1) is 11.2. The van der Waals surface area contributed by atoms with E-state index in [1.165, 1.54) is 11.1 Å². The SMILES string of the molecule is C[C@H](NCCCc1cnn(C)c1)c1ccc(-n2ccnc2)cc1. The number of imidazole rings is 1. The molecule has 0 aliphatic carbocycles. The Hall–Kier alpha value is -2.40. The molecule has 1 atom stereocenters. The molecule has 0 spiro atoms. The number of hydrogen-bond acceptors (Lipinski definition) is 3. The second-order valence-corrected chi connectivity index (χ2v) is 5.86. The van der Waals surface area contributed by atoms with Crippen molar-refractivity contribution in [3.05, 3.63) is 66.5 Å². The maximum absolute atomic E-state index is 4.20. The molecule has 2 heterocycles. The molecule has 0 amide bonds. The van der Waals surface area contributed by atoms with Crippen molar-refractivity contribution >= 4 is 0 Å². The van der Waals surface area contributed by atoms with Gasteiger partial charge < -0.3 is 9.88 Å². The van der Waals surface area contributed by atoms with E-state index in [9.17, 15) is 0 Å². The van der Waals surface area contributed by atoms with E-state index in [2.05, 4.69) is 52.8 Å². The Morgan fingerprint density at radius 2 is 2.04 bits per heavy atom. The average Bonchev–Trinajstić information content (AvgIpc) is 3.23. The summed E-state index contributed by atoms with van der Waals surface area (Å²) < 4.78 is 3.86. The van der Waals surface area contributed by atoms with E-state index in [0.29, 0.717) is 6.04 Å². The Bertz CT molecular complexity index is 712. The lowest BCUT2D eigenvalue weighted by atomic mass is 10.1. The molecule has 0 fully saturated rings. The standard InChI is InChI=1S/C18H23N5/c1-15(20-9-3-4-16-12-21-22(2)13-16)17-5-7-18(8-6-17)23-11-10-19-14-23/h5-8,10-15,20H,3-4,9H2,1-2H3/t15-/m0/s1. The topological polar surface area (TPSA) is 47.7 Å². The minimum absolute atomic E-state index is 0.348. The van der Waals surface area contributed by atoms with Crippen molar-refractivity contribution < 1.29 is 0 Å². The molecule has 1 aromatic carbocycles. The lowest BCUT2D eigenvalue weighted by molar-refractivity contribution is 0.558. The van der Waals surface area contributed by atoms with Gasteiger partial charge >= 0.3 is 0 Å². The molecule has 0 radical (unpaired) electrons. The number of aryl methyl sites for hydroxylation is 2. The number of aromatic nitrogens is 4. The van der Waals surface area contributed by atoms with E-state index in [-0.39, 0.29) is 0 Å². The fourth-order valence-corrected chi connectivity index (χ4v) is 2.68. The lowest BCUT2D eigenvalue weighted by Crippen LogP contribution is -2.20. The molecule has 2 aromatic heterocycles. The van der Waals surface area contributed by atoms with Gasteiger partial charge in [-0.3, -0.25) is 4.68 Å². The minimum atomic E-state index is 0.348. The summed E-state index contributed by atoms with van der Waals surface area (Å²) in [6.07, 6.45) is 11.8. The molecule has 120 valence electrons. The molecule has 3 rings (SSSR count). The number of rotatable bonds is 7. The highest BCUT2D eigenvalue weighted by Gasteiger charge is 2.05. The Morgan fingerprint density at radius 3 is 2.70 bits per heavy atom. The summed E-state index contributed by atoms with van der Waals surface area (Å²) in [6, 6.07) is 8.96. The van der Waals surface area contributed by atoms with E-state index >= 15 is 0 Å². The molecule has 5 heteroatoms. The van der Waals surface area contributed by atoms with Crippen LogP contribution in [0.4, 0.5) is 0 Å². The molecule has 23 heavy (non-hydrogen) atoms. The molecule has 0 aliphatic heterocycles. The van der Waals surface area contributed by atoms with E-state index in [0.717, 1.165) is 25.1 Å². The molecule has 3 aromatic rings. The molecule has 0 unspecified atom stereocenters. The first kappa shape index (κ1) is 15.5. The monoisotopic (exact) mass is 309 g/mol. The van der Waals surface area contributed by atoms with Crippen LogP contribution in [0.25, 0.3) is 5.69 Å². The Balaban J connectivity index is 1.47. The zero-order valence-electron chi connectivity index (χ0n) is 13.7. The van der Waals surface area contributed by atoms with Crippen LogP contribution in [0.1, 0.15) is 30.5 Å². The third-order valence-corrected chi connectivity index (χ3v) is 4.05. The number of nitrogens with one attached hydrogen (secondary N) is 1. The highest BCUT2D eigenvalue weighted by Crippen LogP contribution is 2.15. The molecule has 5 nitrogen and oxygen atoms in total. The third-order valence-electron chi connectivity index (χ3n) is 4.05. The maximum Gasteiger partial charge on any atom is 0.0991 e. The van der Waals surface area contributed by atoms with Crippen LogP contribution in [0.3, 0.4) is 0 Å². The van der Waals surface area contributed by atoms with Crippen molar-refractivity contribution in [2.24, 2.45) is 7.05 Å². The van der Waals surface area contributed by atoms with Gasteiger partial charge in [0, 0.05) is 37.4 Å². The Kier molecular flexibility index (Phi) is 4.88. The summed E-state index contributed by atoms with van der Waals surface area (Å²) in [6.45, 7) is 3.20. The number of nitrogens with zero attached hydrogens (tertiary/aromatic N) is 4. The summed E-state index contributed by atoms with van der Waals surface area (Å²) in [5.41, 5.74) is 3.73. The van der Waals surface area contributed by atoms with Gasteiger partial charge in [0.15, 0.2) is 0 Å². The summed E-state index contributed by atoms with van der Waals surface area (Å²) >= 11 is 0. The largest absolute Gasteiger partial charge is 0.310 e. The molecular weight excluding hydrogens is 286 g/mol. The molecular formula is C18H23N5. The van der Waals surface area contributed by atoms with Crippen LogP contribution in [-0.4, -0.2) is 25.9 Å². The second-order valence-electron chi connectivity index (χ2n) is 5.86. The fraction of sp³-hybridized carbons (Fsp3) is 0.333. The van der Waals surface area contributed by atoms with Crippen LogP contribution in [-0.2, 0) is 13.5 Å². The van der Waals surface area contributed by atoms with Gasteiger partial charge in [-0.2, -0.15) is 5.10 Å². The van der Waals surface area contributed by atoms with Crippen molar-refractivity contribution in [2.75, 3.05) is 6.54 Å². The number of hydrogen-bond donors (Lipinski definition) is 1. The molecule has 1 N–H and O–H groups in total. The molecule has 0 aliphatic rings. The zero-order chi connectivity index (χ0) is 16.1. The molecule has 0 bridgehead atoms. The van der Waals surface area contributed by atoms with Gasteiger partial charge in [-0.25, -0.2) is 4.98 Å². The van der Waals surface area contributed by atoms with Gasteiger partial charge in [-0.1, -0.05) is 12.1 Å². The van der Waals surface area contributed by atoms with Crippen molar-refractivity contribution in [3.8, 4) is 5.69 Å². The van der Waals surface area contributed by atoms with Crippen LogP contribution >= 0.6 is 0 Å². The van der Waals surface area contributed by atoms with Crippen LogP contribution in [0.5, 0.6) is 0 Å². The summed E-state index contributed by atoms with van der Waals surface area (Å²) in [5, 5.41) is 7.78. The average molecular weight is 309 g/mol. The van der Waals surface area contributed by atoms with Crippen LogP contribution in [0, 0.1) is 0 Å². The van der Waals surface area contributed by atoms with Gasteiger partial charge in [0.1, 0.15) is 0 Å². The highest BCUT2D eigenvalue weighted by molar-refractivity contribution is 5.35. The predicted molar refractivity (Wildman–Crippen MR) is 91.5 cm³/mol. The highest BCUT2D eigenvalue weighted by atomic mass is 15.2. The van der Waals surface area contributed by atoms with Crippen molar-refractivity contribution in [1.29, 1.82) is 0 Å². The maximum atomic E-state index is 4.20. The van der Waals surface area contributed by atoms with Gasteiger partial charge in [-0.05, 0) is 49.6 Å². The van der Waals surface area contributed by atoms with E-state index < -0.39 is 0 Å². The van der Waals surface area contributed by atoms with E-state index in [4.69, 9.17) is 0 Å².